The molecule has 2 aromatic carbocycles. The summed E-state index contributed by atoms with van der Waals surface area (Å²) in [6.45, 7) is 13.0. The first-order valence-corrected chi connectivity index (χ1v) is 14.5. The molecule has 1 aromatic heterocycles. The molecule has 0 spiro atoms. The third kappa shape index (κ3) is 4.68. The molecular formula is C28H32N2O3SSi. The number of benzene rings is 2. The summed E-state index contributed by atoms with van der Waals surface area (Å²) in [6.07, 6.45) is 7.57. The largest absolute Gasteiger partial charge is 0.405 e. The lowest BCUT2D eigenvalue weighted by Gasteiger charge is -2.44. The zero-order valence-corrected chi connectivity index (χ0v) is 22.5. The lowest BCUT2D eigenvalue weighted by Crippen LogP contribution is -2.67. The van der Waals surface area contributed by atoms with E-state index in [1.54, 1.807) is 29.4 Å². The van der Waals surface area contributed by atoms with Crippen LogP contribution in [-0.2, 0) is 4.43 Å². The van der Waals surface area contributed by atoms with Gasteiger partial charge in [-0.05, 0) is 22.3 Å². The minimum absolute atomic E-state index is 0.141. The van der Waals surface area contributed by atoms with Gasteiger partial charge in [0.1, 0.15) is 5.37 Å². The Morgan fingerprint density at radius 1 is 1.09 bits per heavy atom. The highest BCUT2D eigenvalue weighted by molar-refractivity contribution is 8.01. The summed E-state index contributed by atoms with van der Waals surface area (Å²) in [6, 6.07) is 21.1. The van der Waals surface area contributed by atoms with E-state index >= 15 is 0 Å². The molecule has 35 heavy (non-hydrogen) atoms. The molecule has 3 aromatic rings. The molecule has 0 aliphatic carbocycles. The maximum absolute atomic E-state index is 12.5. The number of rotatable bonds is 7. The van der Waals surface area contributed by atoms with Crippen LogP contribution in [0.15, 0.2) is 101 Å². The smallest absolute Gasteiger partial charge is 0.329 e. The zero-order chi connectivity index (χ0) is 25.3. The fourth-order valence-corrected chi connectivity index (χ4v) is 10.7. The Morgan fingerprint density at radius 2 is 1.66 bits per heavy atom. The predicted octanol–water partition coefficient (Wildman–Crippen LogP) is 4.15. The van der Waals surface area contributed by atoms with Gasteiger partial charge in [-0.25, -0.2) is 4.79 Å². The second-order valence-electron chi connectivity index (χ2n) is 9.96. The molecule has 4 rings (SSSR count). The van der Waals surface area contributed by atoms with E-state index in [0.717, 1.165) is 0 Å². The van der Waals surface area contributed by atoms with Gasteiger partial charge in [0.15, 0.2) is 0 Å². The van der Waals surface area contributed by atoms with Crippen LogP contribution in [0.3, 0.4) is 0 Å². The van der Waals surface area contributed by atoms with Crippen molar-refractivity contribution in [1.29, 1.82) is 0 Å². The van der Waals surface area contributed by atoms with Crippen molar-refractivity contribution in [2.75, 3.05) is 6.61 Å². The minimum Gasteiger partial charge on any atom is -0.405 e. The number of aryl methyl sites for hydroxylation is 1. The molecule has 0 saturated carbocycles. The summed E-state index contributed by atoms with van der Waals surface area (Å²) in [4.78, 5) is 26.8. The normalized spacial score (nSPS) is 20.2. The molecule has 0 amide bonds. The maximum atomic E-state index is 12.5. The summed E-state index contributed by atoms with van der Waals surface area (Å²) in [5, 5.41) is 2.03. The summed E-state index contributed by atoms with van der Waals surface area (Å²) >= 11 is 1.59. The number of aromatic amines is 1. The van der Waals surface area contributed by atoms with E-state index in [1.807, 2.05) is 24.3 Å². The van der Waals surface area contributed by atoms with E-state index in [1.165, 1.54) is 10.4 Å². The van der Waals surface area contributed by atoms with Crippen molar-refractivity contribution in [2.45, 2.75) is 42.9 Å². The Morgan fingerprint density at radius 3 is 2.17 bits per heavy atom. The fraction of sp³-hybridized carbons (Fsp3) is 0.286. The summed E-state index contributed by atoms with van der Waals surface area (Å²) in [5.74, 6) is 0. The molecule has 182 valence electrons. The third-order valence-electron chi connectivity index (χ3n) is 6.58. The summed E-state index contributed by atoms with van der Waals surface area (Å²) < 4.78 is 8.20. The molecule has 2 atom stereocenters. The molecule has 0 radical (unpaired) electrons. The van der Waals surface area contributed by atoms with Crippen molar-refractivity contribution in [2.24, 2.45) is 0 Å². The molecule has 2 heterocycles. The Hall–Kier alpha value is -2.87. The topological polar surface area (TPSA) is 64.1 Å². The van der Waals surface area contributed by atoms with Gasteiger partial charge in [-0.1, -0.05) is 99.7 Å². The van der Waals surface area contributed by atoms with E-state index in [2.05, 4.69) is 86.9 Å². The highest BCUT2D eigenvalue weighted by Crippen LogP contribution is 2.46. The average molecular weight is 505 g/mol. The van der Waals surface area contributed by atoms with Crippen molar-refractivity contribution in [1.82, 2.24) is 9.55 Å². The number of hydrogen-bond acceptors (Lipinski definition) is 4. The van der Waals surface area contributed by atoms with Crippen molar-refractivity contribution in [3.8, 4) is 0 Å². The van der Waals surface area contributed by atoms with Crippen LogP contribution in [0, 0.1) is 6.92 Å². The van der Waals surface area contributed by atoms with Gasteiger partial charge < -0.3 is 4.43 Å². The Labute approximate surface area is 211 Å². The van der Waals surface area contributed by atoms with Crippen LogP contribution in [0.1, 0.15) is 31.7 Å². The lowest BCUT2D eigenvalue weighted by atomic mass is 10.1. The lowest BCUT2D eigenvalue weighted by molar-refractivity contribution is 0.291. The standard InChI is InChI=1S/C28H32N2O3SSi/c1-6-28(18-17-24(34-28)30-19-21(2)25(31)29-26(30)32)20-33-35(27(3,4)5,22-13-9-7-10-14-22)23-15-11-8-12-16-23/h6-19,24H,1,20H2,2-5H3,(H,29,31,32)/t24-,28+/m1/s1. The van der Waals surface area contributed by atoms with Crippen LogP contribution in [-0.4, -0.2) is 29.2 Å². The van der Waals surface area contributed by atoms with Gasteiger partial charge in [0, 0.05) is 11.8 Å². The Kier molecular flexibility index (Phi) is 6.95. The van der Waals surface area contributed by atoms with Crippen molar-refractivity contribution >= 4 is 30.5 Å². The van der Waals surface area contributed by atoms with Crippen LogP contribution in [0.25, 0.3) is 0 Å². The molecule has 0 fully saturated rings. The fourth-order valence-electron chi connectivity index (χ4n) is 4.71. The molecule has 0 saturated heterocycles. The van der Waals surface area contributed by atoms with Gasteiger partial charge in [-0.3, -0.25) is 14.3 Å². The van der Waals surface area contributed by atoms with E-state index in [-0.39, 0.29) is 16.0 Å². The van der Waals surface area contributed by atoms with Gasteiger partial charge >= 0.3 is 5.69 Å². The van der Waals surface area contributed by atoms with Crippen LogP contribution < -0.4 is 21.6 Å². The van der Waals surface area contributed by atoms with E-state index in [9.17, 15) is 9.59 Å². The third-order valence-corrected chi connectivity index (χ3v) is 13.0. The Balaban J connectivity index is 1.72. The minimum atomic E-state index is -2.72. The quantitative estimate of drug-likeness (QED) is 0.388. The number of nitrogens with one attached hydrogen (secondary N) is 1. The van der Waals surface area contributed by atoms with Gasteiger partial charge in [0.2, 0.25) is 0 Å². The second-order valence-corrected chi connectivity index (χ2v) is 15.7. The molecule has 0 unspecified atom stereocenters. The van der Waals surface area contributed by atoms with Crippen LogP contribution in [0.2, 0.25) is 5.04 Å². The number of nitrogens with zero attached hydrogens (tertiary/aromatic N) is 1. The zero-order valence-electron chi connectivity index (χ0n) is 20.7. The van der Waals surface area contributed by atoms with Crippen molar-refractivity contribution in [3.05, 3.63) is 118 Å². The first kappa shape index (κ1) is 25.2. The number of hydrogen-bond donors (Lipinski definition) is 1. The average Bonchev–Trinajstić information content (AvgIpc) is 3.27. The predicted molar refractivity (Wildman–Crippen MR) is 148 cm³/mol. The van der Waals surface area contributed by atoms with Crippen LogP contribution in [0.4, 0.5) is 0 Å². The highest BCUT2D eigenvalue weighted by atomic mass is 32.2. The summed E-state index contributed by atoms with van der Waals surface area (Å²) in [7, 11) is -2.72. The van der Waals surface area contributed by atoms with Gasteiger partial charge in [-0.2, -0.15) is 0 Å². The first-order valence-electron chi connectivity index (χ1n) is 11.7. The van der Waals surface area contributed by atoms with E-state index in [4.69, 9.17) is 4.43 Å². The van der Waals surface area contributed by atoms with Gasteiger partial charge in [0.25, 0.3) is 13.9 Å². The van der Waals surface area contributed by atoms with Crippen LogP contribution in [0.5, 0.6) is 0 Å². The molecular weight excluding hydrogens is 472 g/mol. The van der Waals surface area contributed by atoms with Crippen molar-refractivity contribution in [3.63, 3.8) is 0 Å². The highest BCUT2D eigenvalue weighted by Gasteiger charge is 2.51. The van der Waals surface area contributed by atoms with Crippen LogP contribution >= 0.6 is 11.8 Å². The number of H-pyrrole nitrogens is 1. The number of aromatic nitrogens is 2. The van der Waals surface area contributed by atoms with Gasteiger partial charge in [-0.15, -0.1) is 18.3 Å². The molecule has 0 bridgehead atoms. The van der Waals surface area contributed by atoms with Crippen molar-refractivity contribution < 1.29 is 4.43 Å². The molecule has 1 aliphatic heterocycles. The monoisotopic (exact) mass is 504 g/mol. The second kappa shape index (κ2) is 9.64. The Bertz CT molecular complexity index is 1300. The molecule has 5 nitrogen and oxygen atoms in total. The van der Waals surface area contributed by atoms with Gasteiger partial charge in [0.05, 0.1) is 11.4 Å². The SMILES string of the molecule is C=C[C@@]1(CO[Si](c2ccccc2)(c2ccccc2)C(C)(C)C)C=C[C@H](n2cc(C)c(=O)[nH]c2=O)S1. The first-order chi connectivity index (χ1) is 16.6. The van der Waals surface area contributed by atoms with E-state index in [0.29, 0.717) is 12.2 Å². The number of thioether (sulfide) groups is 1. The molecule has 7 heteroatoms. The maximum Gasteiger partial charge on any atom is 0.329 e. The molecule has 1 N–H and O–H groups in total. The van der Waals surface area contributed by atoms with E-state index < -0.39 is 18.8 Å². The summed E-state index contributed by atoms with van der Waals surface area (Å²) in [5.41, 5.74) is -0.281. The molecule has 1 aliphatic rings.